The molecule has 0 spiro atoms. The van der Waals surface area contributed by atoms with Crippen LogP contribution in [0.3, 0.4) is 0 Å². The van der Waals surface area contributed by atoms with Crippen LogP contribution in [0.25, 0.3) is 0 Å². The van der Waals surface area contributed by atoms with Crippen molar-refractivity contribution in [1.82, 2.24) is 0 Å². The van der Waals surface area contributed by atoms with Gasteiger partial charge in [-0.2, -0.15) is 0 Å². The molecule has 0 aromatic heterocycles. The summed E-state index contributed by atoms with van der Waals surface area (Å²) in [6, 6.07) is 0. The normalized spacial score (nSPS) is 9.00. The van der Waals surface area contributed by atoms with Gasteiger partial charge in [0, 0.05) is 0 Å². The van der Waals surface area contributed by atoms with Crippen LogP contribution in [0.15, 0.2) is 0 Å². The number of halogens is 6. The average Bonchev–Trinajstić information content (AvgIpc) is 1.25. The maximum atomic E-state index is 4.97. The zero-order chi connectivity index (χ0) is 7.15. The van der Waals surface area contributed by atoms with Crippen LogP contribution >= 0.6 is 60.1 Å². The van der Waals surface area contributed by atoms with Crippen LogP contribution in [0, 0.1) is 0 Å². The van der Waals surface area contributed by atoms with Gasteiger partial charge in [0.1, 0.15) is 0 Å². The first-order valence-corrected chi connectivity index (χ1v) is 17.7. The topological polar surface area (TPSA) is 0 Å². The van der Waals surface area contributed by atoms with E-state index in [2.05, 4.69) is 0 Å². The molecule has 0 amide bonds. The third-order valence-corrected chi connectivity index (χ3v) is 0. The van der Waals surface area contributed by atoms with Gasteiger partial charge in [0.25, 0.3) is 0 Å². The molecule has 0 bridgehead atoms. The van der Waals surface area contributed by atoms with Crippen LogP contribution in [0.5, 0.6) is 0 Å². The summed E-state index contributed by atoms with van der Waals surface area (Å²) in [7, 11) is 29.8. The van der Waals surface area contributed by atoms with E-state index < -0.39 is 23.1 Å². The molecule has 0 saturated carbocycles. The van der Waals surface area contributed by atoms with Crippen molar-refractivity contribution in [2.24, 2.45) is 0 Å². The van der Waals surface area contributed by atoms with Gasteiger partial charge in [-0.05, 0) is 0 Å². The molecule has 0 aromatic rings. The third kappa shape index (κ3) is 67.7. The summed E-state index contributed by atoms with van der Waals surface area (Å²) in [5, 5.41) is 0. The van der Waals surface area contributed by atoms with Crippen molar-refractivity contribution in [3.05, 3.63) is 0 Å². The van der Waals surface area contributed by atoms with Crippen LogP contribution in [0.1, 0.15) is 0 Å². The van der Waals surface area contributed by atoms with Gasteiger partial charge in [-0.3, -0.25) is 0 Å². The first-order valence-electron chi connectivity index (χ1n) is 1.13. The Kier molecular flexibility index (Phi) is 16.5. The Bertz CT molecular complexity index is 22.0. The van der Waals surface area contributed by atoms with E-state index in [0.29, 0.717) is 0 Å². The van der Waals surface area contributed by atoms with Gasteiger partial charge in [-0.25, -0.2) is 0 Å². The van der Waals surface area contributed by atoms with E-state index in [1.54, 1.807) is 0 Å². The Morgan fingerprint density at radius 2 is 0.500 bits per heavy atom. The molecule has 0 aliphatic heterocycles. The maximum absolute atomic E-state index is 4.97. The van der Waals surface area contributed by atoms with Gasteiger partial charge in [0.05, 0.1) is 0 Å². The minimum absolute atomic E-state index is 1.92. The predicted molar refractivity (Wildman–Crippen MR) is 46.6 cm³/mol. The van der Waals surface area contributed by atoms with Crippen molar-refractivity contribution in [1.29, 1.82) is 0 Å². The summed E-state index contributed by atoms with van der Waals surface area (Å²) in [6.07, 6.45) is 0. The molecular formula is Cl6Ge2. The van der Waals surface area contributed by atoms with E-state index in [4.69, 9.17) is 60.1 Å². The zero-order valence-corrected chi connectivity index (χ0v) is 12.0. The van der Waals surface area contributed by atoms with E-state index in [0.717, 1.165) is 0 Å². The van der Waals surface area contributed by atoms with Gasteiger partial charge in [0.2, 0.25) is 0 Å². The fourth-order valence-corrected chi connectivity index (χ4v) is 0. The average molecular weight is 358 g/mol. The second-order valence-corrected chi connectivity index (χ2v) is 20.0. The molecule has 50 valence electrons. The second kappa shape index (κ2) is 9.83. The molecule has 0 unspecified atom stereocenters. The standard InChI is InChI=1S/2Cl3Ge/c2*1-4(2)3. The molecule has 8 heteroatoms. The molecule has 2 radical (unpaired) electrons. The first kappa shape index (κ1) is 13.4. The van der Waals surface area contributed by atoms with E-state index >= 15 is 0 Å². The molecule has 0 heterocycles. The molecule has 0 atom stereocenters. The number of rotatable bonds is 0. The molecule has 0 rings (SSSR count). The number of hydrogen-bond donors (Lipinski definition) is 0. The molecule has 0 saturated heterocycles. The van der Waals surface area contributed by atoms with Crippen molar-refractivity contribution in [2.45, 2.75) is 0 Å². The van der Waals surface area contributed by atoms with Gasteiger partial charge < -0.3 is 0 Å². The Balaban J connectivity index is 0. The number of hydrogen-bond acceptors (Lipinski definition) is 0. The van der Waals surface area contributed by atoms with Crippen LogP contribution < -0.4 is 0 Å². The van der Waals surface area contributed by atoms with E-state index in [-0.39, 0.29) is 0 Å². The molecule has 0 fully saturated rings. The Morgan fingerprint density at radius 1 is 0.500 bits per heavy atom. The third-order valence-electron chi connectivity index (χ3n) is 0. The van der Waals surface area contributed by atoms with E-state index in [1.807, 2.05) is 0 Å². The Morgan fingerprint density at radius 3 is 0.500 bits per heavy atom. The fraction of sp³-hybridized carbons (Fsp3) is 0. The summed E-state index contributed by atoms with van der Waals surface area (Å²) < 4.78 is 0. The molecule has 0 aliphatic rings. The summed E-state index contributed by atoms with van der Waals surface area (Å²) in [4.78, 5) is 0. The summed E-state index contributed by atoms with van der Waals surface area (Å²) in [5.74, 6) is 0. The molecule has 8 heavy (non-hydrogen) atoms. The molecule has 0 nitrogen and oxygen atoms in total. The summed E-state index contributed by atoms with van der Waals surface area (Å²) >= 11 is -3.83. The SMILES string of the molecule is [Cl][Ge]([Cl])[Cl].[Cl][Ge]([Cl])[Cl]. The predicted octanol–water partition coefficient (Wildman–Crippen LogP) is 3.38. The van der Waals surface area contributed by atoms with Crippen molar-refractivity contribution >= 4 is 83.2 Å². The van der Waals surface area contributed by atoms with Crippen molar-refractivity contribution < 1.29 is 0 Å². The molecule has 0 aliphatic carbocycles. The van der Waals surface area contributed by atoms with Gasteiger partial charge in [-0.15, -0.1) is 0 Å². The van der Waals surface area contributed by atoms with E-state index in [1.165, 1.54) is 0 Å². The summed E-state index contributed by atoms with van der Waals surface area (Å²) in [5.41, 5.74) is 0. The summed E-state index contributed by atoms with van der Waals surface area (Å²) in [6.45, 7) is 0. The van der Waals surface area contributed by atoms with Gasteiger partial charge in [0.15, 0.2) is 0 Å². The van der Waals surface area contributed by atoms with Gasteiger partial charge in [-0.1, -0.05) is 0 Å². The molecule has 0 N–H and O–H groups in total. The molecule has 0 aromatic carbocycles. The van der Waals surface area contributed by atoms with Crippen LogP contribution in [0.4, 0.5) is 0 Å². The second-order valence-electron chi connectivity index (χ2n) is 0.429. The van der Waals surface area contributed by atoms with E-state index in [9.17, 15) is 0 Å². The Labute approximate surface area is 82.0 Å². The van der Waals surface area contributed by atoms with Crippen LogP contribution in [0.2, 0.25) is 0 Å². The minimum atomic E-state index is -1.92. The van der Waals surface area contributed by atoms with Crippen molar-refractivity contribution in [3.8, 4) is 0 Å². The first-order chi connectivity index (χ1) is 3.46. The van der Waals surface area contributed by atoms with Crippen LogP contribution in [-0.2, 0) is 0 Å². The van der Waals surface area contributed by atoms with Crippen molar-refractivity contribution in [3.63, 3.8) is 0 Å². The van der Waals surface area contributed by atoms with Gasteiger partial charge >= 0.3 is 83.2 Å². The zero-order valence-electron chi connectivity index (χ0n) is 3.27. The fourth-order valence-electron chi connectivity index (χ4n) is 0. The monoisotopic (exact) mass is 358 g/mol. The van der Waals surface area contributed by atoms with Crippen molar-refractivity contribution in [2.75, 3.05) is 0 Å². The van der Waals surface area contributed by atoms with Crippen LogP contribution in [-0.4, -0.2) is 23.1 Å². The molecular weight excluding hydrogens is 358 g/mol. The Hall–Kier alpha value is 2.83. The quantitative estimate of drug-likeness (QED) is 0.583.